The van der Waals surface area contributed by atoms with E-state index in [-0.39, 0.29) is 18.1 Å². The van der Waals surface area contributed by atoms with Crippen molar-refractivity contribution in [3.63, 3.8) is 0 Å². The van der Waals surface area contributed by atoms with Crippen LogP contribution in [0.2, 0.25) is 0 Å². The van der Waals surface area contributed by atoms with Gasteiger partial charge < -0.3 is 14.9 Å². The highest BCUT2D eigenvalue weighted by Crippen LogP contribution is 2.40. The lowest BCUT2D eigenvalue weighted by atomic mass is 10.3. The highest BCUT2D eigenvalue weighted by atomic mass is 16.5. The highest BCUT2D eigenvalue weighted by molar-refractivity contribution is 5.92. The fourth-order valence-electron chi connectivity index (χ4n) is 1.29. The molecule has 2 N–H and O–H groups in total. The molecule has 15 heavy (non-hydrogen) atoms. The fourth-order valence-corrected chi connectivity index (χ4v) is 1.29. The van der Waals surface area contributed by atoms with Crippen molar-refractivity contribution in [2.45, 2.75) is 31.8 Å². The first-order valence-corrected chi connectivity index (χ1v) is 5.09. The maximum atomic E-state index is 11.5. The first-order valence-electron chi connectivity index (χ1n) is 5.09. The summed E-state index contributed by atoms with van der Waals surface area (Å²) >= 11 is 0. The van der Waals surface area contributed by atoms with E-state index in [4.69, 9.17) is 9.63 Å². The van der Waals surface area contributed by atoms with Crippen LogP contribution in [-0.4, -0.2) is 28.8 Å². The van der Waals surface area contributed by atoms with E-state index in [2.05, 4.69) is 10.5 Å². The third-order valence-electron chi connectivity index (χ3n) is 2.30. The molecule has 1 aliphatic rings. The Bertz CT molecular complexity index is 355. The molecule has 1 aromatic rings. The molecule has 0 radical (unpaired) electrons. The summed E-state index contributed by atoms with van der Waals surface area (Å²) in [4.78, 5) is 11.5. The summed E-state index contributed by atoms with van der Waals surface area (Å²) in [6.45, 7) is 1.84. The summed E-state index contributed by atoms with van der Waals surface area (Å²) < 4.78 is 5.04. The van der Waals surface area contributed by atoms with Gasteiger partial charge in [-0.2, -0.15) is 0 Å². The normalized spacial score (nSPS) is 17.5. The molecule has 1 saturated carbocycles. The second kappa shape index (κ2) is 4.02. The minimum absolute atomic E-state index is 0.227. The number of hydrogen-bond donors (Lipinski definition) is 2. The van der Waals surface area contributed by atoms with Crippen molar-refractivity contribution in [2.75, 3.05) is 6.54 Å². The Morgan fingerprint density at radius 2 is 2.53 bits per heavy atom. The minimum Gasteiger partial charge on any atom is -0.392 e. The van der Waals surface area contributed by atoms with Gasteiger partial charge in [0.15, 0.2) is 5.69 Å². The van der Waals surface area contributed by atoms with E-state index in [0.29, 0.717) is 5.92 Å². The second-order valence-corrected chi connectivity index (χ2v) is 3.95. The molecule has 1 aromatic heterocycles. The Morgan fingerprint density at radius 3 is 3.13 bits per heavy atom. The van der Waals surface area contributed by atoms with E-state index in [1.165, 1.54) is 0 Å². The van der Waals surface area contributed by atoms with Gasteiger partial charge in [0.25, 0.3) is 5.91 Å². The number of carbonyl (C=O) groups is 1. The Morgan fingerprint density at radius 1 is 1.80 bits per heavy atom. The number of aliphatic hydroxyl groups excluding tert-OH is 1. The molecular formula is C10H14N2O3. The molecule has 0 spiro atoms. The lowest BCUT2D eigenvalue weighted by Crippen LogP contribution is -2.30. The van der Waals surface area contributed by atoms with Crippen molar-refractivity contribution in [2.24, 2.45) is 0 Å². The zero-order valence-corrected chi connectivity index (χ0v) is 8.56. The number of aromatic nitrogens is 1. The Labute approximate surface area is 87.5 Å². The summed E-state index contributed by atoms with van der Waals surface area (Å²) in [7, 11) is 0. The molecule has 1 atom stereocenters. The van der Waals surface area contributed by atoms with Gasteiger partial charge in [-0.25, -0.2) is 0 Å². The lowest BCUT2D eigenvalue weighted by Gasteiger charge is -2.03. The molecule has 1 heterocycles. The molecule has 1 amide bonds. The Hall–Kier alpha value is -1.36. The van der Waals surface area contributed by atoms with Crippen LogP contribution < -0.4 is 5.32 Å². The molecule has 5 heteroatoms. The first-order chi connectivity index (χ1) is 7.16. The third kappa shape index (κ3) is 2.56. The van der Waals surface area contributed by atoms with Crippen LogP contribution in [0.3, 0.4) is 0 Å². The van der Waals surface area contributed by atoms with Gasteiger partial charge in [-0.3, -0.25) is 4.79 Å². The van der Waals surface area contributed by atoms with E-state index >= 15 is 0 Å². The van der Waals surface area contributed by atoms with Crippen LogP contribution in [0.25, 0.3) is 0 Å². The minimum atomic E-state index is -0.552. The molecule has 0 aliphatic heterocycles. The van der Waals surface area contributed by atoms with Gasteiger partial charge >= 0.3 is 0 Å². The van der Waals surface area contributed by atoms with Crippen molar-refractivity contribution in [1.29, 1.82) is 0 Å². The average molecular weight is 210 g/mol. The molecular weight excluding hydrogens is 196 g/mol. The van der Waals surface area contributed by atoms with Crippen LogP contribution in [0.4, 0.5) is 0 Å². The van der Waals surface area contributed by atoms with Gasteiger partial charge in [-0.05, 0) is 19.8 Å². The molecule has 5 nitrogen and oxygen atoms in total. The summed E-state index contributed by atoms with van der Waals surface area (Å²) in [6, 6.07) is 1.68. The maximum absolute atomic E-state index is 11.5. The topological polar surface area (TPSA) is 75.4 Å². The number of nitrogens with zero attached hydrogens (tertiary/aromatic N) is 1. The molecule has 1 aliphatic carbocycles. The highest BCUT2D eigenvalue weighted by Gasteiger charge is 2.28. The monoisotopic (exact) mass is 210 g/mol. The smallest absolute Gasteiger partial charge is 0.273 e. The number of rotatable bonds is 4. The van der Waals surface area contributed by atoms with E-state index in [9.17, 15) is 4.79 Å². The zero-order valence-electron chi connectivity index (χ0n) is 8.56. The second-order valence-electron chi connectivity index (χ2n) is 3.95. The summed E-state index contributed by atoms with van der Waals surface area (Å²) in [5, 5.41) is 15.2. The van der Waals surface area contributed by atoms with Gasteiger partial charge in [0, 0.05) is 18.5 Å². The van der Waals surface area contributed by atoms with Crippen LogP contribution in [0.15, 0.2) is 10.6 Å². The predicted molar refractivity (Wildman–Crippen MR) is 52.5 cm³/mol. The maximum Gasteiger partial charge on any atom is 0.273 e. The molecule has 82 valence electrons. The molecule has 0 bridgehead atoms. The summed E-state index contributed by atoms with van der Waals surface area (Å²) in [5.41, 5.74) is 0.289. The summed E-state index contributed by atoms with van der Waals surface area (Å²) in [6.07, 6.45) is 1.68. The number of carbonyl (C=O) groups excluding carboxylic acids is 1. The van der Waals surface area contributed by atoms with Crippen molar-refractivity contribution >= 4 is 5.91 Å². The van der Waals surface area contributed by atoms with E-state index in [1.807, 2.05) is 0 Å². The molecule has 0 unspecified atom stereocenters. The third-order valence-corrected chi connectivity index (χ3v) is 2.30. The number of aliphatic hydroxyl groups is 1. The van der Waals surface area contributed by atoms with Crippen molar-refractivity contribution in [3.05, 3.63) is 17.5 Å². The lowest BCUT2D eigenvalue weighted by molar-refractivity contribution is 0.0915. The van der Waals surface area contributed by atoms with Crippen LogP contribution in [0.1, 0.15) is 41.9 Å². The van der Waals surface area contributed by atoms with E-state index < -0.39 is 6.10 Å². The van der Waals surface area contributed by atoms with Gasteiger partial charge in [0.2, 0.25) is 0 Å². The quantitative estimate of drug-likeness (QED) is 0.765. The number of hydrogen-bond acceptors (Lipinski definition) is 4. The van der Waals surface area contributed by atoms with Crippen molar-refractivity contribution in [1.82, 2.24) is 10.5 Å². The average Bonchev–Trinajstić information content (AvgIpc) is 2.93. The Kier molecular flexibility index (Phi) is 2.73. The van der Waals surface area contributed by atoms with Gasteiger partial charge in [0.1, 0.15) is 5.76 Å². The van der Waals surface area contributed by atoms with Crippen molar-refractivity contribution < 1.29 is 14.4 Å². The van der Waals surface area contributed by atoms with Gasteiger partial charge in [-0.15, -0.1) is 0 Å². The molecule has 1 fully saturated rings. The Balaban J connectivity index is 1.93. The van der Waals surface area contributed by atoms with Crippen LogP contribution in [-0.2, 0) is 0 Å². The largest absolute Gasteiger partial charge is 0.392 e. The zero-order chi connectivity index (χ0) is 10.8. The van der Waals surface area contributed by atoms with Gasteiger partial charge in [0.05, 0.1) is 6.10 Å². The molecule has 2 rings (SSSR count). The van der Waals surface area contributed by atoms with E-state index in [0.717, 1.165) is 18.6 Å². The standard InChI is InChI=1S/C10H14N2O3/c1-6(13)5-11-10(14)8-4-9(15-12-8)7-2-3-7/h4,6-7,13H,2-3,5H2,1H3,(H,11,14)/t6-/m0/s1. The van der Waals surface area contributed by atoms with Crippen LogP contribution >= 0.6 is 0 Å². The van der Waals surface area contributed by atoms with Crippen LogP contribution in [0.5, 0.6) is 0 Å². The van der Waals surface area contributed by atoms with E-state index in [1.54, 1.807) is 13.0 Å². The number of nitrogens with one attached hydrogen (secondary N) is 1. The predicted octanol–water partition coefficient (Wildman–Crippen LogP) is 0.663. The molecule has 0 aromatic carbocycles. The van der Waals surface area contributed by atoms with Crippen LogP contribution in [0, 0.1) is 0 Å². The molecule has 0 saturated heterocycles. The summed E-state index contributed by atoms with van der Waals surface area (Å²) in [5.74, 6) is 0.944. The van der Waals surface area contributed by atoms with Gasteiger partial charge in [-0.1, -0.05) is 5.16 Å². The SMILES string of the molecule is C[C@H](O)CNC(=O)c1cc(C2CC2)on1. The first kappa shape index (κ1) is 10.2. The number of amides is 1. The fraction of sp³-hybridized carbons (Fsp3) is 0.600. The van der Waals surface area contributed by atoms with Crippen molar-refractivity contribution in [3.8, 4) is 0 Å².